The summed E-state index contributed by atoms with van der Waals surface area (Å²) in [5.41, 5.74) is 4.49. The van der Waals surface area contributed by atoms with Crippen LogP contribution in [0.15, 0.2) is 77.5 Å². The van der Waals surface area contributed by atoms with E-state index < -0.39 is 242 Å². The first-order chi connectivity index (χ1) is 57.4. The molecule has 34 atom stereocenters. The standard InChI is InChI=1S/C76H101N7O34S2/c1-104-64-42(20-84)107-72(58(98)52(64)92)115-68-45(23-87)109-74(61(101)55(68)95)113-66-41-17-78-15-33-27-119-48(83-33)19-81-38-12-37(35-8-4-29-10-31(79-13-28-2-6-34(89)7-3-28)11-30-5-9-36(38)50(35)49(29)30)80-18-47-82-32(26-118-47)14-77-16-40-65(51(91)39(90)25-105-40)112-73-60(100)54(94)69(44(22-86)108-73)116-76-63(103)57(97)70(46(24-88)111-76)117-75-62(102)56(96)67(43(21-85)110-75)114-71(106-41)59(99)53(66)93/h2-12,26-27,39-46,51-81,84-103H,13-25H2,1H3/t39?,40-,41-,42-,43-,44-,45-,46-,51?,52?,53?,54?,55?,56?,57?,58?,59?,60?,61?,62?,63?,64-,65-,66-,67-,68-,69-,70-,71-,72-,73-,74-,75-,76-/m1/s1. The van der Waals surface area contributed by atoms with Crippen LogP contribution in [0.2, 0.25) is 0 Å². The minimum atomic E-state index is -2.23. The Kier molecular flexibility index (Phi) is 28.4. The Bertz CT molecular complexity index is 4410. The minimum Gasteiger partial charge on any atom is -0.508 e. The number of rotatable bonds is 13. The molecule has 43 heteroatoms. The number of nitrogens with zero attached hydrogens (tertiary/aromatic N) is 2. The van der Waals surface area contributed by atoms with Crippen molar-refractivity contribution >= 4 is 72.1 Å². The predicted octanol–water partition coefficient (Wildman–Crippen LogP) is -6.68. The van der Waals surface area contributed by atoms with Crippen molar-refractivity contribution in [3.8, 4) is 5.75 Å². The number of aliphatic hydroxyl groups excluding tert-OH is 19. The molecule has 0 saturated carbocycles. The van der Waals surface area contributed by atoms with Gasteiger partial charge in [-0.15, -0.1) is 22.7 Å². The van der Waals surface area contributed by atoms with Crippen molar-refractivity contribution in [3.63, 3.8) is 0 Å². The van der Waals surface area contributed by atoms with Gasteiger partial charge in [-0.05, 0) is 52.1 Å². The molecule has 5 aromatic carbocycles. The Balaban J connectivity index is 0.715. The Morgan fingerprint density at radius 2 is 0.866 bits per heavy atom. The summed E-state index contributed by atoms with van der Waals surface area (Å²) in [4.78, 5) is 9.84. The topological polar surface area (TPSA) is 620 Å². The number of hydrogen-bond donors (Lipinski definition) is 25. The summed E-state index contributed by atoms with van der Waals surface area (Å²) in [6, 6.07) is 21.4. The molecule has 119 heavy (non-hydrogen) atoms. The summed E-state index contributed by atoms with van der Waals surface area (Å²) in [7, 11) is 1.20. The van der Waals surface area contributed by atoms with Gasteiger partial charge in [-0.3, -0.25) is 0 Å². The highest BCUT2D eigenvalue weighted by atomic mass is 32.1. The van der Waals surface area contributed by atoms with Crippen LogP contribution in [0.25, 0.3) is 32.3 Å². The molecule has 7 saturated heterocycles. The van der Waals surface area contributed by atoms with E-state index in [0.717, 1.165) is 54.9 Å². The van der Waals surface area contributed by atoms with Gasteiger partial charge in [-0.2, -0.15) is 0 Å². The van der Waals surface area contributed by atoms with Crippen molar-refractivity contribution in [1.29, 1.82) is 0 Å². The van der Waals surface area contributed by atoms with E-state index in [1.165, 1.54) is 29.8 Å². The molecule has 18 rings (SSSR count). The summed E-state index contributed by atoms with van der Waals surface area (Å²) in [6.45, 7) is -4.24. The molecule has 7 aromatic rings. The van der Waals surface area contributed by atoms with Gasteiger partial charge in [0.15, 0.2) is 37.7 Å². The molecule has 0 amide bonds. The number of aromatic nitrogens is 2. The van der Waals surface area contributed by atoms with Crippen molar-refractivity contribution in [2.45, 2.75) is 241 Å². The lowest BCUT2D eigenvalue weighted by Crippen LogP contribution is -2.68. The highest BCUT2D eigenvalue weighted by molar-refractivity contribution is 7.10. The number of thiazole rings is 2. The van der Waals surface area contributed by atoms with E-state index in [1.54, 1.807) is 17.5 Å². The molecule has 11 aliphatic heterocycles. The number of ether oxygens (including phenoxy) is 14. The fraction of sp³-hybridized carbons (Fsp3) is 0.632. The average Bonchev–Trinajstić information content (AvgIpc) is 0.800. The number of hydrogen-bond acceptors (Lipinski definition) is 43. The molecule has 2 aromatic heterocycles. The van der Waals surface area contributed by atoms with Crippen LogP contribution in [0.1, 0.15) is 27.0 Å². The fourth-order valence-corrected chi connectivity index (χ4v) is 17.9. The van der Waals surface area contributed by atoms with Gasteiger partial charge in [0.05, 0.1) is 70.2 Å². The second-order valence-electron chi connectivity index (χ2n) is 30.6. The predicted molar refractivity (Wildman–Crippen MR) is 409 cm³/mol. The van der Waals surface area contributed by atoms with E-state index >= 15 is 0 Å². The Morgan fingerprint density at radius 1 is 0.429 bits per heavy atom. The molecule has 13 heterocycles. The quantitative estimate of drug-likeness (QED) is 0.0477. The molecule has 14 unspecified atom stereocenters. The number of methoxy groups -OCH3 is 1. The van der Waals surface area contributed by atoms with Gasteiger partial charge >= 0.3 is 0 Å². The number of aliphatic hydroxyl groups is 19. The van der Waals surface area contributed by atoms with Crippen LogP contribution >= 0.6 is 22.7 Å². The second-order valence-corrected chi connectivity index (χ2v) is 32.5. The lowest BCUT2D eigenvalue weighted by atomic mass is 9.92. The van der Waals surface area contributed by atoms with Crippen molar-refractivity contribution in [1.82, 2.24) is 20.6 Å². The molecule has 0 spiro atoms. The second kappa shape index (κ2) is 38.4. The zero-order valence-electron chi connectivity index (χ0n) is 63.7. The molecule has 11 aliphatic rings. The number of phenolic OH excluding ortho intramolecular Hbond substituents is 1. The molecule has 0 aliphatic carbocycles. The lowest BCUT2D eigenvalue weighted by Gasteiger charge is -2.50. The van der Waals surface area contributed by atoms with Gasteiger partial charge in [0, 0.05) is 83.8 Å². The summed E-state index contributed by atoms with van der Waals surface area (Å²) >= 11 is 2.73. The zero-order valence-corrected chi connectivity index (χ0v) is 65.3. The van der Waals surface area contributed by atoms with Crippen LogP contribution < -0.4 is 26.6 Å². The van der Waals surface area contributed by atoms with Crippen LogP contribution in [0.4, 0.5) is 17.1 Å². The number of phenols is 1. The fourth-order valence-electron chi connectivity index (χ4n) is 16.4. The minimum absolute atomic E-state index is 0.00990. The van der Waals surface area contributed by atoms with Crippen molar-refractivity contribution in [3.05, 3.63) is 104 Å². The molecule has 656 valence electrons. The number of nitrogens with one attached hydrogen (secondary N) is 5. The van der Waals surface area contributed by atoms with Gasteiger partial charge in [0.1, 0.15) is 181 Å². The molecule has 14 bridgehead atoms. The number of benzene rings is 5. The normalized spacial score (nSPS) is 40.1. The molecule has 0 radical (unpaired) electrons. The average molecular weight is 1720 g/mol. The lowest BCUT2D eigenvalue weighted by molar-refractivity contribution is -0.396. The third kappa shape index (κ3) is 18.4. The Morgan fingerprint density at radius 3 is 1.35 bits per heavy atom. The summed E-state index contributed by atoms with van der Waals surface area (Å²) in [5, 5.41) is 253. The molecular weight excluding hydrogens is 1620 g/mol. The number of fused-ring (bicyclic) bond motifs is 3. The van der Waals surface area contributed by atoms with E-state index in [-0.39, 0.29) is 51.6 Å². The van der Waals surface area contributed by atoms with Gasteiger partial charge in [0.2, 0.25) is 0 Å². The SMILES string of the molecule is CO[C@H]1C(O)C(O)[C@@H](O[C@H]2C(O)C(O)[C@@H](O[C@H]3C(O)C(O)[C@@H]4O[C@@H]3CNCc3csc(n3)CNc3cc(c5ccc6cc(NCc7ccc(O)cc7)cc7ccc3c5c67)NCc3nc(cs3)CNC[C@H]3OCC(O)C(O)[C@@H]3O[C@H]3O[C@H](CO)[C@@H](O[C@H]5O[C@H](CO)[C@@H](O[C@H]6O[C@H](CO)[C@@H](O4)C(O)C6O)C(O)C5O)C(O)C3O)O[C@@H]2CO)O[C@@H]1CO. The van der Waals surface area contributed by atoms with E-state index in [0.29, 0.717) is 27.9 Å². The van der Waals surface area contributed by atoms with Gasteiger partial charge in [-0.25, -0.2) is 9.97 Å². The van der Waals surface area contributed by atoms with E-state index in [1.807, 2.05) is 23.6 Å². The molecular formula is C76H101N7O34S2. The maximum atomic E-state index is 12.2. The van der Waals surface area contributed by atoms with Crippen LogP contribution in [0, 0.1) is 0 Å². The summed E-state index contributed by atoms with van der Waals surface area (Å²) in [6.07, 6.45) is -62.2. The maximum Gasteiger partial charge on any atom is 0.187 e. The van der Waals surface area contributed by atoms with Gasteiger partial charge in [-0.1, -0.05) is 36.4 Å². The molecule has 25 N–H and O–H groups in total. The number of anilines is 3. The number of aromatic hydroxyl groups is 1. The van der Waals surface area contributed by atoms with E-state index in [9.17, 15) is 102 Å². The first-order valence-electron chi connectivity index (χ1n) is 39.0. The van der Waals surface area contributed by atoms with Crippen molar-refractivity contribution in [2.75, 3.05) is 75.8 Å². The van der Waals surface area contributed by atoms with Gasteiger partial charge in [0.25, 0.3) is 0 Å². The summed E-state index contributed by atoms with van der Waals surface area (Å²) in [5.74, 6) is 0.161. The summed E-state index contributed by atoms with van der Waals surface area (Å²) < 4.78 is 82.9. The molecule has 7 fully saturated rings. The van der Waals surface area contributed by atoms with Crippen LogP contribution in [-0.2, 0) is 99.0 Å². The smallest absolute Gasteiger partial charge is 0.187 e. The van der Waals surface area contributed by atoms with Crippen LogP contribution in [0.5, 0.6) is 5.75 Å². The first kappa shape index (κ1) is 88.1. The Labute approximate surface area is 685 Å². The van der Waals surface area contributed by atoms with E-state index in [2.05, 4.69) is 63.0 Å². The van der Waals surface area contributed by atoms with Crippen molar-refractivity contribution < 1.29 is 168 Å². The van der Waals surface area contributed by atoms with Crippen LogP contribution in [0.3, 0.4) is 0 Å². The first-order valence-corrected chi connectivity index (χ1v) is 40.7. The molecule has 41 nitrogen and oxygen atoms in total. The highest BCUT2D eigenvalue weighted by Crippen LogP contribution is 2.45. The van der Waals surface area contributed by atoms with Crippen molar-refractivity contribution in [2.24, 2.45) is 0 Å². The Hall–Kier alpha value is -5.80. The monoisotopic (exact) mass is 1720 g/mol. The largest absolute Gasteiger partial charge is 0.508 e. The van der Waals surface area contributed by atoms with E-state index in [4.69, 9.17) is 76.3 Å². The third-order valence-electron chi connectivity index (χ3n) is 22.9. The maximum absolute atomic E-state index is 12.2. The van der Waals surface area contributed by atoms with Gasteiger partial charge < -0.3 is 195 Å². The zero-order chi connectivity index (χ0) is 83.9. The highest BCUT2D eigenvalue weighted by Gasteiger charge is 2.59. The van der Waals surface area contributed by atoms with Crippen LogP contribution in [-0.4, -0.2) is 381 Å². The third-order valence-corrected chi connectivity index (χ3v) is 24.6.